The number of halogens is 1. The fraction of sp³-hybridized carbons (Fsp3) is 0.571. The Kier molecular flexibility index (Phi) is 4.51. The first-order chi connectivity index (χ1) is 8.25. The van der Waals surface area contributed by atoms with E-state index >= 15 is 0 Å². The van der Waals surface area contributed by atoms with E-state index in [0.717, 1.165) is 25.1 Å². The van der Waals surface area contributed by atoms with Crippen molar-refractivity contribution in [1.82, 2.24) is 5.32 Å². The van der Waals surface area contributed by atoms with Crippen molar-refractivity contribution in [2.75, 3.05) is 13.2 Å². The Bertz CT molecular complexity index is 361. The zero-order valence-corrected chi connectivity index (χ0v) is 10.3. The molecule has 1 aliphatic heterocycles. The van der Waals surface area contributed by atoms with Gasteiger partial charge in [0, 0.05) is 19.7 Å². The third-order valence-corrected chi connectivity index (χ3v) is 3.21. The minimum atomic E-state index is -0.127. The molecule has 0 radical (unpaired) electrons. The van der Waals surface area contributed by atoms with Crippen molar-refractivity contribution in [2.45, 2.75) is 38.8 Å². The molecule has 2 rings (SSSR count). The molecule has 1 N–H and O–H groups in total. The van der Waals surface area contributed by atoms with Gasteiger partial charge in [0.2, 0.25) is 0 Å². The zero-order chi connectivity index (χ0) is 12.1. The summed E-state index contributed by atoms with van der Waals surface area (Å²) in [6.45, 7) is 4.22. The number of hydrogen-bond acceptors (Lipinski definition) is 2. The van der Waals surface area contributed by atoms with E-state index in [2.05, 4.69) is 5.32 Å². The van der Waals surface area contributed by atoms with Crippen LogP contribution >= 0.6 is 0 Å². The summed E-state index contributed by atoms with van der Waals surface area (Å²) in [6, 6.07) is 5.39. The number of aryl methyl sites for hydroxylation is 1. The van der Waals surface area contributed by atoms with Crippen LogP contribution in [0.5, 0.6) is 0 Å². The zero-order valence-electron chi connectivity index (χ0n) is 10.3. The molecule has 0 aromatic heterocycles. The molecule has 17 heavy (non-hydrogen) atoms. The van der Waals surface area contributed by atoms with E-state index in [1.54, 1.807) is 13.0 Å². The van der Waals surface area contributed by atoms with Gasteiger partial charge in [-0.05, 0) is 43.4 Å². The van der Waals surface area contributed by atoms with Crippen LogP contribution in [0, 0.1) is 12.7 Å². The molecule has 1 saturated heterocycles. The SMILES string of the molecule is Cc1ccc(CNCC2CCCCO2)cc1F. The fourth-order valence-electron chi connectivity index (χ4n) is 2.09. The Hall–Kier alpha value is -0.930. The smallest absolute Gasteiger partial charge is 0.126 e. The molecule has 0 saturated carbocycles. The van der Waals surface area contributed by atoms with Crippen LogP contribution in [0.15, 0.2) is 18.2 Å². The molecule has 1 aromatic carbocycles. The molecule has 1 aliphatic rings. The number of rotatable bonds is 4. The van der Waals surface area contributed by atoms with Gasteiger partial charge in [-0.25, -0.2) is 4.39 Å². The summed E-state index contributed by atoms with van der Waals surface area (Å²) in [4.78, 5) is 0. The van der Waals surface area contributed by atoms with Crippen molar-refractivity contribution in [3.8, 4) is 0 Å². The quantitative estimate of drug-likeness (QED) is 0.869. The topological polar surface area (TPSA) is 21.3 Å². The second kappa shape index (κ2) is 6.12. The van der Waals surface area contributed by atoms with E-state index in [1.807, 2.05) is 12.1 Å². The average Bonchev–Trinajstić information content (AvgIpc) is 2.35. The van der Waals surface area contributed by atoms with Gasteiger partial charge in [0.1, 0.15) is 5.82 Å². The van der Waals surface area contributed by atoms with Crippen LogP contribution in [0.25, 0.3) is 0 Å². The minimum Gasteiger partial charge on any atom is -0.377 e. The summed E-state index contributed by atoms with van der Waals surface area (Å²) in [5.74, 6) is -0.127. The van der Waals surface area contributed by atoms with Crippen molar-refractivity contribution < 1.29 is 9.13 Å². The van der Waals surface area contributed by atoms with Gasteiger partial charge >= 0.3 is 0 Å². The van der Waals surface area contributed by atoms with E-state index in [9.17, 15) is 4.39 Å². The van der Waals surface area contributed by atoms with Gasteiger partial charge in [0.25, 0.3) is 0 Å². The highest BCUT2D eigenvalue weighted by Crippen LogP contribution is 2.12. The lowest BCUT2D eigenvalue weighted by Crippen LogP contribution is -2.31. The Balaban J connectivity index is 1.75. The lowest BCUT2D eigenvalue weighted by molar-refractivity contribution is 0.0168. The number of hydrogen-bond donors (Lipinski definition) is 1. The van der Waals surface area contributed by atoms with E-state index in [4.69, 9.17) is 4.74 Å². The lowest BCUT2D eigenvalue weighted by atomic mass is 10.1. The molecule has 0 spiro atoms. The summed E-state index contributed by atoms with van der Waals surface area (Å²) >= 11 is 0. The number of nitrogens with one attached hydrogen (secondary N) is 1. The Morgan fingerprint density at radius 3 is 3.00 bits per heavy atom. The minimum absolute atomic E-state index is 0.127. The highest BCUT2D eigenvalue weighted by Gasteiger charge is 2.12. The fourth-order valence-corrected chi connectivity index (χ4v) is 2.09. The number of ether oxygens (including phenoxy) is 1. The van der Waals surface area contributed by atoms with Crippen LogP contribution in [0.4, 0.5) is 4.39 Å². The monoisotopic (exact) mass is 237 g/mol. The molecule has 1 heterocycles. The standard InChI is InChI=1S/C14H20FNO/c1-11-5-6-12(8-14(11)15)9-16-10-13-4-2-3-7-17-13/h5-6,8,13,16H,2-4,7,9-10H2,1H3. The molecule has 1 aromatic rings. The Morgan fingerprint density at radius 2 is 2.29 bits per heavy atom. The van der Waals surface area contributed by atoms with Crippen molar-refractivity contribution >= 4 is 0 Å². The molecule has 2 nitrogen and oxygen atoms in total. The van der Waals surface area contributed by atoms with Crippen molar-refractivity contribution in [3.05, 3.63) is 35.1 Å². The first kappa shape index (κ1) is 12.5. The first-order valence-electron chi connectivity index (χ1n) is 6.33. The number of benzene rings is 1. The molecular formula is C14H20FNO. The van der Waals surface area contributed by atoms with Crippen molar-refractivity contribution in [1.29, 1.82) is 0 Å². The molecule has 1 fully saturated rings. The molecule has 0 amide bonds. The summed E-state index contributed by atoms with van der Waals surface area (Å²) in [6.07, 6.45) is 3.90. The maximum absolute atomic E-state index is 13.3. The molecule has 1 unspecified atom stereocenters. The van der Waals surface area contributed by atoms with Gasteiger partial charge in [-0.3, -0.25) is 0 Å². The first-order valence-corrected chi connectivity index (χ1v) is 6.33. The van der Waals surface area contributed by atoms with Gasteiger partial charge in [-0.15, -0.1) is 0 Å². The van der Waals surface area contributed by atoms with E-state index in [1.165, 1.54) is 12.8 Å². The van der Waals surface area contributed by atoms with Crippen LogP contribution < -0.4 is 5.32 Å². The predicted molar refractivity (Wildman–Crippen MR) is 66.4 cm³/mol. The van der Waals surface area contributed by atoms with E-state index < -0.39 is 0 Å². The van der Waals surface area contributed by atoms with Gasteiger partial charge in [0.05, 0.1) is 6.10 Å². The largest absolute Gasteiger partial charge is 0.377 e. The molecule has 0 aliphatic carbocycles. The summed E-state index contributed by atoms with van der Waals surface area (Å²) in [7, 11) is 0. The molecule has 0 bridgehead atoms. The summed E-state index contributed by atoms with van der Waals surface area (Å²) in [5.41, 5.74) is 1.69. The third-order valence-electron chi connectivity index (χ3n) is 3.21. The van der Waals surface area contributed by atoms with Crippen LogP contribution in [0.3, 0.4) is 0 Å². The Labute approximate surface area is 102 Å². The van der Waals surface area contributed by atoms with Crippen LogP contribution in [0.2, 0.25) is 0 Å². The highest BCUT2D eigenvalue weighted by atomic mass is 19.1. The van der Waals surface area contributed by atoms with E-state index in [0.29, 0.717) is 18.2 Å². The van der Waals surface area contributed by atoms with Gasteiger partial charge in [-0.1, -0.05) is 12.1 Å². The molecular weight excluding hydrogens is 217 g/mol. The third kappa shape index (κ3) is 3.79. The average molecular weight is 237 g/mol. The van der Waals surface area contributed by atoms with Crippen molar-refractivity contribution in [2.24, 2.45) is 0 Å². The maximum Gasteiger partial charge on any atom is 0.126 e. The van der Waals surface area contributed by atoms with Gasteiger partial charge < -0.3 is 10.1 Å². The van der Waals surface area contributed by atoms with Crippen LogP contribution in [-0.4, -0.2) is 19.3 Å². The summed E-state index contributed by atoms with van der Waals surface area (Å²) < 4.78 is 18.9. The molecule has 3 heteroatoms. The Morgan fingerprint density at radius 1 is 1.41 bits per heavy atom. The second-order valence-electron chi connectivity index (χ2n) is 4.70. The van der Waals surface area contributed by atoms with E-state index in [-0.39, 0.29) is 5.82 Å². The highest BCUT2D eigenvalue weighted by molar-refractivity contribution is 5.23. The van der Waals surface area contributed by atoms with Crippen LogP contribution in [-0.2, 0) is 11.3 Å². The normalized spacial score (nSPS) is 20.5. The van der Waals surface area contributed by atoms with Gasteiger partial charge in [0.15, 0.2) is 0 Å². The second-order valence-corrected chi connectivity index (χ2v) is 4.70. The maximum atomic E-state index is 13.3. The molecule has 94 valence electrons. The summed E-state index contributed by atoms with van der Waals surface area (Å²) in [5, 5.41) is 3.33. The predicted octanol–water partition coefficient (Wildman–Crippen LogP) is 2.79. The van der Waals surface area contributed by atoms with Crippen molar-refractivity contribution in [3.63, 3.8) is 0 Å². The van der Waals surface area contributed by atoms with Gasteiger partial charge in [-0.2, -0.15) is 0 Å². The van der Waals surface area contributed by atoms with Crippen LogP contribution in [0.1, 0.15) is 30.4 Å². The lowest BCUT2D eigenvalue weighted by Gasteiger charge is -2.22. The molecule has 1 atom stereocenters.